The number of guanidine groups is 1. The molecule has 1 aliphatic carbocycles. The van der Waals surface area contributed by atoms with E-state index >= 15 is 0 Å². The van der Waals surface area contributed by atoms with Crippen molar-refractivity contribution in [3.63, 3.8) is 0 Å². The van der Waals surface area contributed by atoms with E-state index in [-0.39, 0.29) is 24.0 Å². The minimum atomic E-state index is 0. The summed E-state index contributed by atoms with van der Waals surface area (Å²) in [6.45, 7) is 7.53. The lowest BCUT2D eigenvalue weighted by atomic mass is 10.1. The van der Waals surface area contributed by atoms with Crippen molar-refractivity contribution in [2.45, 2.75) is 32.9 Å². The number of halogens is 1. The van der Waals surface area contributed by atoms with E-state index in [4.69, 9.17) is 4.74 Å². The Bertz CT molecular complexity index is 548. The number of aliphatic imine (C=N–C) groups is 1. The molecule has 1 saturated carbocycles. The van der Waals surface area contributed by atoms with Gasteiger partial charge in [0.2, 0.25) is 0 Å². The van der Waals surface area contributed by atoms with Gasteiger partial charge in [-0.05, 0) is 43.5 Å². The summed E-state index contributed by atoms with van der Waals surface area (Å²) in [7, 11) is 6.03. The normalized spacial score (nSPS) is 14.3. The van der Waals surface area contributed by atoms with Gasteiger partial charge in [-0.2, -0.15) is 0 Å². The van der Waals surface area contributed by atoms with Crippen LogP contribution in [0.15, 0.2) is 29.3 Å². The molecule has 0 spiro atoms. The highest BCUT2D eigenvalue weighted by atomic mass is 127. The molecule has 0 saturated heterocycles. The SMILES string of the molecule is CCN(C)Cc1cccc(CNC(=NC)N(C)CCOCC2CC2)c1.I. The van der Waals surface area contributed by atoms with Crippen LogP contribution >= 0.6 is 24.0 Å². The second-order valence-electron chi connectivity index (χ2n) is 6.99. The molecule has 0 unspecified atom stereocenters. The van der Waals surface area contributed by atoms with Crippen LogP contribution in [0, 0.1) is 5.92 Å². The highest BCUT2D eigenvalue weighted by molar-refractivity contribution is 14.0. The van der Waals surface area contributed by atoms with Crippen LogP contribution in [0.25, 0.3) is 0 Å². The third-order valence-corrected chi connectivity index (χ3v) is 4.63. The Balaban J connectivity index is 0.00000338. The fraction of sp³-hybridized carbons (Fsp3) is 0.650. The molecule has 26 heavy (non-hydrogen) atoms. The first-order valence-corrected chi connectivity index (χ1v) is 9.38. The van der Waals surface area contributed by atoms with Crippen molar-refractivity contribution in [3.05, 3.63) is 35.4 Å². The first-order valence-electron chi connectivity index (χ1n) is 9.38. The summed E-state index contributed by atoms with van der Waals surface area (Å²) in [4.78, 5) is 8.81. The van der Waals surface area contributed by atoms with Gasteiger partial charge >= 0.3 is 0 Å². The molecule has 2 rings (SSSR count). The van der Waals surface area contributed by atoms with Gasteiger partial charge < -0.3 is 19.9 Å². The lowest BCUT2D eigenvalue weighted by Crippen LogP contribution is -2.40. The molecule has 1 aliphatic rings. The first-order chi connectivity index (χ1) is 12.1. The molecule has 0 atom stereocenters. The molecule has 1 aromatic carbocycles. The smallest absolute Gasteiger partial charge is 0.193 e. The molecule has 6 heteroatoms. The number of hydrogen-bond acceptors (Lipinski definition) is 3. The van der Waals surface area contributed by atoms with E-state index in [1.165, 1.54) is 24.0 Å². The van der Waals surface area contributed by atoms with Gasteiger partial charge in [-0.3, -0.25) is 4.99 Å². The van der Waals surface area contributed by atoms with Crippen LogP contribution in [0.1, 0.15) is 30.9 Å². The summed E-state index contributed by atoms with van der Waals surface area (Å²) in [6, 6.07) is 8.75. The Kier molecular flexibility index (Phi) is 11.2. The molecule has 0 aromatic heterocycles. The minimum Gasteiger partial charge on any atom is -0.379 e. The molecule has 1 aromatic rings. The highest BCUT2D eigenvalue weighted by Gasteiger charge is 2.21. The first kappa shape index (κ1) is 23.2. The predicted octanol–water partition coefficient (Wildman–Crippen LogP) is 3.19. The van der Waals surface area contributed by atoms with Crippen LogP contribution in [0.5, 0.6) is 0 Å². The summed E-state index contributed by atoms with van der Waals surface area (Å²) in [5, 5.41) is 3.45. The number of likely N-dealkylation sites (N-methyl/N-ethyl adjacent to an activating group) is 1. The zero-order chi connectivity index (χ0) is 18.1. The molecule has 148 valence electrons. The van der Waals surface area contributed by atoms with E-state index < -0.39 is 0 Å². The molecule has 0 bridgehead atoms. The number of benzene rings is 1. The average molecular weight is 474 g/mol. The van der Waals surface area contributed by atoms with Gasteiger partial charge in [0.25, 0.3) is 0 Å². The van der Waals surface area contributed by atoms with Gasteiger partial charge in [-0.1, -0.05) is 31.2 Å². The Morgan fingerprint density at radius 1 is 1.27 bits per heavy atom. The van der Waals surface area contributed by atoms with E-state index in [2.05, 4.69) is 65.4 Å². The molecular formula is C20H35IN4O. The second kappa shape index (κ2) is 12.5. The molecule has 0 aliphatic heterocycles. The molecule has 0 heterocycles. The molecule has 1 N–H and O–H groups in total. The van der Waals surface area contributed by atoms with Crippen LogP contribution in [0.3, 0.4) is 0 Å². The van der Waals surface area contributed by atoms with Gasteiger partial charge in [-0.15, -0.1) is 24.0 Å². The maximum Gasteiger partial charge on any atom is 0.193 e. The maximum absolute atomic E-state index is 5.72. The van der Waals surface area contributed by atoms with Gasteiger partial charge in [0.15, 0.2) is 5.96 Å². The summed E-state index contributed by atoms with van der Waals surface area (Å²) < 4.78 is 5.72. The Morgan fingerprint density at radius 2 is 2.00 bits per heavy atom. The van der Waals surface area contributed by atoms with Crippen LogP contribution in [0.4, 0.5) is 0 Å². The molecule has 5 nitrogen and oxygen atoms in total. The van der Waals surface area contributed by atoms with Crippen molar-refractivity contribution in [3.8, 4) is 0 Å². The number of hydrogen-bond donors (Lipinski definition) is 1. The van der Waals surface area contributed by atoms with Crippen LogP contribution < -0.4 is 5.32 Å². The molecule has 0 radical (unpaired) electrons. The van der Waals surface area contributed by atoms with Gasteiger partial charge in [0, 0.05) is 40.3 Å². The quantitative estimate of drug-likeness (QED) is 0.245. The van der Waals surface area contributed by atoms with Crippen molar-refractivity contribution in [1.82, 2.24) is 15.1 Å². The van der Waals surface area contributed by atoms with E-state index in [0.29, 0.717) is 0 Å². The molecule has 1 fully saturated rings. The fourth-order valence-corrected chi connectivity index (χ4v) is 2.67. The summed E-state index contributed by atoms with van der Waals surface area (Å²) in [6.07, 6.45) is 2.68. The van der Waals surface area contributed by atoms with Crippen molar-refractivity contribution < 1.29 is 4.74 Å². The van der Waals surface area contributed by atoms with Crippen molar-refractivity contribution in [2.75, 3.05) is 47.4 Å². The lowest BCUT2D eigenvalue weighted by molar-refractivity contribution is 0.115. The largest absolute Gasteiger partial charge is 0.379 e. The molecule has 0 amide bonds. The maximum atomic E-state index is 5.72. The molecular weight excluding hydrogens is 439 g/mol. The Hall–Kier alpha value is -0.860. The van der Waals surface area contributed by atoms with Crippen molar-refractivity contribution >= 4 is 29.9 Å². The zero-order valence-electron chi connectivity index (χ0n) is 16.7. The Labute approximate surface area is 176 Å². The third kappa shape index (κ3) is 8.68. The van der Waals surface area contributed by atoms with Crippen LogP contribution in [-0.4, -0.2) is 63.2 Å². The number of nitrogens with zero attached hydrogens (tertiary/aromatic N) is 3. The fourth-order valence-electron chi connectivity index (χ4n) is 2.67. The second-order valence-corrected chi connectivity index (χ2v) is 6.99. The van der Waals surface area contributed by atoms with E-state index in [1.54, 1.807) is 0 Å². The summed E-state index contributed by atoms with van der Waals surface area (Å²) in [5.41, 5.74) is 2.63. The third-order valence-electron chi connectivity index (χ3n) is 4.63. The van der Waals surface area contributed by atoms with Crippen LogP contribution in [0.2, 0.25) is 0 Å². The number of ether oxygens (including phenoxy) is 1. The predicted molar refractivity (Wildman–Crippen MR) is 120 cm³/mol. The summed E-state index contributed by atoms with van der Waals surface area (Å²) >= 11 is 0. The van der Waals surface area contributed by atoms with Gasteiger partial charge in [-0.25, -0.2) is 0 Å². The van der Waals surface area contributed by atoms with Gasteiger partial charge in [0.05, 0.1) is 6.61 Å². The van der Waals surface area contributed by atoms with E-state index in [9.17, 15) is 0 Å². The van der Waals surface area contributed by atoms with Crippen molar-refractivity contribution in [2.24, 2.45) is 10.9 Å². The standard InChI is InChI=1S/C20H34N4O.HI/c1-5-23(3)15-19-8-6-7-18(13-19)14-22-20(21-2)24(4)11-12-25-16-17-9-10-17;/h6-8,13,17H,5,9-12,14-16H2,1-4H3,(H,21,22);1H. The highest BCUT2D eigenvalue weighted by Crippen LogP contribution is 2.28. The topological polar surface area (TPSA) is 40.1 Å². The van der Waals surface area contributed by atoms with E-state index in [1.807, 2.05) is 7.05 Å². The summed E-state index contributed by atoms with van der Waals surface area (Å²) in [5.74, 6) is 1.73. The number of rotatable bonds is 10. The monoisotopic (exact) mass is 474 g/mol. The van der Waals surface area contributed by atoms with Gasteiger partial charge in [0.1, 0.15) is 0 Å². The minimum absolute atomic E-state index is 0. The Morgan fingerprint density at radius 3 is 2.65 bits per heavy atom. The van der Waals surface area contributed by atoms with Crippen molar-refractivity contribution in [1.29, 1.82) is 0 Å². The van der Waals surface area contributed by atoms with E-state index in [0.717, 1.165) is 51.3 Å². The lowest BCUT2D eigenvalue weighted by Gasteiger charge is -2.22. The average Bonchev–Trinajstić information content (AvgIpc) is 3.44. The number of nitrogens with one attached hydrogen (secondary N) is 1. The zero-order valence-corrected chi connectivity index (χ0v) is 19.0. The van der Waals surface area contributed by atoms with Crippen LogP contribution in [-0.2, 0) is 17.8 Å².